The summed E-state index contributed by atoms with van der Waals surface area (Å²) in [5.74, 6) is 0.650. The van der Waals surface area contributed by atoms with Crippen molar-refractivity contribution in [3.63, 3.8) is 0 Å². The molecule has 0 saturated carbocycles. The fraction of sp³-hybridized carbons (Fsp3) is 1.00. The smallest absolute Gasteiger partial charge is 0.0579 e. The van der Waals surface area contributed by atoms with E-state index in [1.165, 1.54) is 0 Å². The van der Waals surface area contributed by atoms with Gasteiger partial charge in [-0.3, -0.25) is 0 Å². The quantitative estimate of drug-likeness (QED) is 0.674. The first-order chi connectivity index (χ1) is 6.63. The maximum atomic E-state index is 9.24. The highest BCUT2D eigenvalue weighted by molar-refractivity contribution is 4.88. The van der Waals surface area contributed by atoms with E-state index in [0.29, 0.717) is 25.2 Å². The molecule has 0 aromatic rings. The normalized spacial score (nSPS) is 22.1. The monoisotopic (exact) mass is 201 g/mol. The van der Waals surface area contributed by atoms with Gasteiger partial charge in [0.15, 0.2) is 0 Å². The summed E-state index contributed by atoms with van der Waals surface area (Å²) in [5, 5.41) is 12.8. The minimum Gasteiger partial charge on any atom is -0.396 e. The summed E-state index contributed by atoms with van der Waals surface area (Å²) in [6.07, 6.45) is 1.14. The molecular weight excluding hydrogens is 178 g/mol. The van der Waals surface area contributed by atoms with E-state index in [-0.39, 0.29) is 12.0 Å². The van der Waals surface area contributed by atoms with Crippen LogP contribution in [0.4, 0.5) is 0 Å². The zero-order chi connectivity index (χ0) is 10.6. The maximum absolute atomic E-state index is 9.24. The van der Waals surface area contributed by atoms with Crippen molar-refractivity contribution in [1.29, 1.82) is 0 Å². The molecule has 0 spiro atoms. The molecule has 14 heavy (non-hydrogen) atoms. The van der Waals surface area contributed by atoms with Crippen LogP contribution in [0.5, 0.6) is 0 Å². The van der Waals surface area contributed by atoms with Gasteiger partial charge in [-0.1, -0.05) is 20.8 Å². The predicted molar refractivity (Wildman–Crippen MR) is 57.3 cm³/mol. The summed E-state index contributed by atoms with van der Waals surface area (Å²) in [5.41, 5.74) is 0.00229. The van der Waals surface area contributed by atoms with Gasteiger partial charge in [0.1, 0.15) is 0 Å². The van der Waals surface area contributed by atoms with Crippen LogP contribution >= 0.6 is 0 Å². The third kappa shape index (κ3) is 2.69. The van der Waals surface area contributed by atoms with Crippen LogP contribution in [0.25, 0.3) is 0 Å². The Kier molecular flexibility index (Phi) is 4.35. The molecule has 1 saturated heterocycles. The highest BCUT2D eigenvalue weighted by atomic mass is 16.5. The Hall–Kier alpha value is -0.120. The van der Waals surface area contributed by atoms with Crippen molar-refractivity contribution in [2.24, 2.45) is 11.3 Å². The highest BCUT2D eigenvalue weighted by Crippen LogP contribution is 2.26. The molecule has 2 N–H and O–H groups in total. The molecule has 0 aliphatic carbocycles. The van der Waals surface area contributed by atoms with E-state index < -0.39 is 0 Å². The van der Waals surface area contributed by atoms with E-state index in [1.807, 2.05) is 0 Å². The number of hydrogen-bond donors (Lipinski definition) is 2. The fourth-order valence-electron chi connectivity index (χ4n) is 1.84. The second kappa shape index (κ2) is 5.10. The van der Waals surface area contributed by atoms with Gasteiger partial charge < -0.3 is 15.2 Å². The summed E-state index contributed by atoms with van der Waals surface area (Å²) < 4.78 is 5.16. The zero-order valence-electron chi connectivity index (χ0n) is 9.55. The van der Waals surface area contributed by atoms with E-state index in [4.69, 9.17) is 4.74 Å². The molecule has 1 aliphatic rings. The van der Waals surface area contributed by atoms with Gasteiger partial charge in [-0.2, -0.15) is 0 Å². The van der Waals surface area contributed by atoms with E-state index in [9.17, 15) is 5.11 Å². The number of rotatable bonds is 6. The number of aliphatic hydroxyl groups is 1. The average molecular weight is 201 g/mol. The molecule has 1 heterocycles. The molecular formula is C11H23NO2. The van der Waals surface area contributed by atoms with Crippen LogP contribution in [0.15, 0.2) is 0 Å². The summed E-state index contributed by atoms with van der Waals surface area (Å²) >= 11 is 0. The topological polar surface area (TPSA) is 41.5 Å². The van der Waals surface area contributed by atoms with Gasteiger partial charge in [0.25, 0.3) is 0 Å². The maximum Gasteiger partial charge on any atom is 0.0579 e. The average Bonchev–Trinajstić information content (AvgIpc) is 2.09. The van der Waals surface area contributed by atoms with Crippen LogP contribution in [0.2, 0.25) is 0 Å². The Balaban J connectivity index is 2.30. The van der Waals surface area contributed by atoms with Crippen LogP contribution in [-0.4, -0.2) is 37.5 Å². The largest absolute Gasteiger partial charge is 0.396 e. The minimum atomic E-state index is 0.00229. The van der Waals surface area contributed by atoms with Gasteiger partial charge in [0, 0.05) is 12.6 Å². The number of ether oxygens (including phenoxy) is 1. The summed E-state index contributed by atoms with van der Waals surface area (Å²) in [6, 6.07) is 0.555. The lowest BCUT2D eigenvalue weighted by Crippen LogP contribution is -2.54. The van der Waals surface area contributed by atoms with Gasteiger partial charge in [0.2, 0.25) is 0 Å². The van der Waals surface area contributed by atoms with Crippen LogP contribution < -0.4 is 5.32 Å². The Labute approximate surface area is 86.8 Å². The van der Waals surface area contributed by atoms with Crippen LogP contribution in [0.3, 0.4) is 0 Å². The van der Waals surface area contributed by atoms with E-state index in [1.54, 1.807) is 0 Å². The lowest BCUT2D eigenvalue weighted by Gasteiger charge is -2.41. The Morgan fingerprint density at radius 3 is 2.36 bits per heavy atom. The molecule has 1 atom stereocenters. The molecule has 3 nitrogen and oxygen atoms in total. The molecule has 0 bridgehead atoms. The molecule has 1 rings (SSSR count). The SMILES string of the molecule is CCC(NCC1(CO)COC1)C(C)C. The molecule has 0 radical (unpaired) electrons. The summed E-state index contributed by atoms with van der Waals surface area (Å²) in [6.45, 7) is 9.15. The lowest BCUT2D eigenvalue weighted by molar-refractivity contribution is -0.135. The number of nitrogens with one attached hydrogen (secondary N) is 1. The molecule has 0 aromatic carbocycles. The molecule has 0 aromatic heterocycles. The minimum absolute atomic E-state index is 0.00229. The van der Waals surface area contributed by atoms with E-state index in [2.05, 4.69) is 26.1 Å². The van der Waals surface area contributed by atoms with Crippen LogP contribution in [-0.2, 0) is 4.74 Å². The van der Waals surface area contributed by atoms with E-state index in [0.717, 1.165) is 13.0 Å². The number of hydrogen-bond acceptors (Lipinski definition) is 3. The lowest BCUT2D eigenvalue weighted by atomic mass is 9.86. The molecule has 1 unspecified atom stereocenters. The van der Waals surface area contributed by atoms with Crippen molar-refractivity contribution < 1.29 is 9.84 Å². The standard InChI is InChI=1S/C11H23NO2/c1-4-10(9(2)3)12-5-11(6-13)7-14-8-11/h9-10,12-13H,4-8H2,1-3H3. The molecule has 84 valence electrons. The third-order valence-electron chi connectivity index (χ3n) is 3.14. The van der Waals surface area contributed by atoms with Crippen molar-refractivity contribution >= 4 is 0 Å². The first-order valence-corrected chi connectivity index (χ1v) is 5.55. The van der Waals surface area contributed by atoms with Gasteiger partial charge >= 0.3 is 0 Å². The number of aliphatic hydroxyl groups excluding tert-OH is 1. The third-order valence-corrected chi connectivity index (χ3v) is 3.14. The van der Waals surface area contributed by atoms with Crippen molar-refractivity contribution in [3.05, 3.63) is 0 Å². The molecule has 1 aliphatic heterocycles. The fourth-order valence-corrected chi connectivity index (χ4v) is 1.84. The Morgan fingerprint density at radius 1 is 1.43 bits per heavy atom. The van der Waals surface area contributed by atoms with Gasteiger partial charge in [-0.15, -0.1) is 0 Å². The first-order valence-electron chi connectivity index (χ1n) is 5.55. The highest BCUT2D eigenvalue weighted by Gasteiger charge is 2.38. The van der Waals surface area contributed by atoms with Crippen molar-refractivity contribution in [2.45, 2.75) is 33.2 Å². The van der Waals surface area contributed by atoms with Crippen molar-refractivity contribution in [2.75, 3.05) is 26.4 Å². The van der Waals surface area contributed by atoms with Gasteiger partial charge in [-0.05, 0) is 12.3 Å². The predicted octanol–water partition coefficient (Wildman–Crippen LogP) is 1.02. The second-order valence-corrected chi connectivity index (χ2v) is 4.79. The first kappa shape index (κ1) is 12.0. The van der Waals surface area contributed by atoms with Gasteiger partial charge in [0.05, 0.1) is 25.2 Å². The van der Waals surface area contributed by atoms with Crippen molar-refractivity contribution in [3.8, 4) is 0 Å². The molecule has 0 amide bonds. The van der Waals surface area contributed by atoms with Gasteiger partial charge in [-0.25, -0.2) is 0 Å². The summed E-state index contributed by atoms with van der Waals surface area (Å²) in [4.78, 5) is 0. The van der Waals surface area contributed by atoms with Crippen LogP contribution in [0.1, 0.15) is 27.2 Å². The zero-order valence-corrected chi connectivity index (χ0v) is 9.55. The van der Waals surface area contributed by atoms with Crippen molar-refractivity contribution in [1.82, 2.24) is 5.32 Å². The Morgan fingerprint density at radius 2 is 2.07 bits per heavy atom. The molecule has 1 fully saturated rings. The summed E-state index contributed by atoms with van der Waals surface area (Å²) in [7, 11) is 0. The molecule has 3 heteroatoms. The second-order valence-electron chi connectivity index (χ2n) is 4.79. The Bertz CT molecular complexity index is 161. The van der Waals surface area contributed by atoms with Crippen LogP contribution in [0, 0.1) is 11.3 Å². The van der Waals surface area contributed by atoms with E-state index >= 15 is 0 Å².